The number of urea groups is 1. The molecule has 2 aliphatic rings. The number of hydrogen-bond acceptors (Lipinski definition) is 6. The van der Waals surface area contributed by atoms with Crippen molar-refractivity contribution >= 4 is 35.0 Å². The van der Waals surface area contributed by atoms with Gasteiger partial charge in [-0.25, -0.2) is 9.78 Å². The molecule has 0 spiro atoms. The molecular formula is C26H26ClN5O4. The number of amides is 3. The van der Waals surface area contributed by atoms with E-state index in [4.69, 9.17) is 21.1 Å². The lowest BCUT2D eigenvalue weighted by molar-refractivity contribution is 0.0950. The van der Waals surface area contributed by atoms with Crippen LogP contribution in [0.1, 0.15) is 21.5 Å². The largest absolute Gasteiger partial charge is 0.454 e. The van der Waals surface area contributed by atoms with Gasteiger partial charge in [0, 0.05) is 38.9 Å². The smallest absolute Gasteiger partial charge is 0.322 e. The lowest BCUT2D eigenvalue weighted by atomic mass is 10.1. The first-order chi connectivity index (χ1) is 17.5. The van der Waals surface area contributed by atoms with Crippen LogP contribution in [0.2, 0.25) is 5.02 Å². The van der Waals surface area contributed by atoms with E-state index in [2.05, 4.69) is 15.6 Å². The summed E-state index contributed by atoms with van der Waals surface area (Å²) in [5, 5.41) is 6.35. The highest BCUT2D eigenvalue weighted by Crippen LogP contribution is 2.32. The van der Waals surface area contributed by atoms with E-state index < -0.39 is 0 Å². The molecule has 186 valence electrons. The third kappa shape index (κ3) is 5.16. The zero-order valence-electron chi connectivity index (χ0n) is 19.8. The van der Waals surface area contributed by atoms with Gasteiger partial charge in [-0.05, 0) is 54.4 Å². The number of nitrogens with zero attached hydrogens (tertiary/aromatic N) is 3. The van der Waals surface area contributed by atoms with Crippen molar-refractivity contribution in [3.8, 4) is 11.5 Å². The van der Waals surface area contributed by atoms with Gasteiger partial charge in [-0.3, -0.25) is 4.79 Å². The molecule has 10 heteroatoms. The van der Waals surface area contributed by atoms with Crippen molar-refractivity contribution in [3.63, 3.8) is 0 Å². The quantitative estimate of drug-likeness (QED) is 0.541. The van der Waals surface area contributed by atoms with Gasteiger partial charge in [0.2, 0.25) is 6.79 Å². The summed E-state index contributed by atoms with van der Waals surface area (Å²) in [6, 6.07) is 14.4. The second-order valence-corrected chi connectivity index (χ2v) is 9.04. The van der Waals surface area contributed by atoms with E-state index in [0.29, 0.717) is 66.3 Å². The number of halogens is 1. The second-order valence-electron chi connectivity index (χ2n) is 8.63. The summed E-state index contributed by atoms with van der Waals surface area (Å²) < 4.78 is 10.7. The van der Waals surface area contributed by atoms with Crippen molar-refractivity contribution in [1.29, 1.82) is 0 Å². The Morgan fingerprint density at radius 2 is 1.83 bits per heavy atom. The summed E-state index contributed by atoms with van der Waals surface area (Å²) >= 11 is 6.22. The summed E-state index contributed by atoms with van der Waals surface area (Å²) in [5.74, 6) is 1.76. The predicted octanol–water partition coefficient (Wildman–Crippen LogP) is 4.06. The first-order valence-electron chi connectivity index (χ1n) is 11.7. The third-order valence-corrected chi connectivity index (χ3v) is 6.48. The number of fused-ring (bicyclic) bond motifs is 1. The molecule has 0 radical (unpaired) electrons. The average Bonchev–Trinajstić information content (AvgIpc) is 3.37. The molecular weight excluding hydrogens is 482 g/mol. The van der Waals surface area contributed by atoms with Gasteiger partial charge < -0.3 is 29.9 Å². The molecule has 5 rings (SSSR count). The fraction of sp³-hybridized carbons (Fsp3) is 0.269. The maximum Gasteiger partial charge on any atom is 0.322 e. The number of benzene rings is 2. The standard InChI is InChI=1S/C26H26ClN5O4/c1-17-4-6-20(27)21(13-17)30-26(34)32-11-9-31(10-12-32)24-19(3-2-8-28-24)25(33)29-15-18-5-7-22-23(14-18)36-16-35-22/h2-8,13-14H,9-12,15-16H2,1H3,(H,29,33)(H,30,34). The van der Waals surface area contributed by atoms with Crippen molar-refractivity contribution in [3.05, 3.63) is 76.4 Å². The number of anilines is 2. The lowest BCUT2D eigenvalue weighted by Crippen LogP contribution is -2.50. The zero-order valence-corrected chi connectivity index (χ0v) is 20.5. The van der Waals surface area contributed by atoms with Crippen LogP contribution in [0.15, 0.2) is 54.7 Å². The topological polar surface area (TPSA) is 96.0 Å². The Morgan fingerprint density at radius 1 is 1.03 bits per heavy atom. The van der Waals surface area contributed by atoms with Crippen LogP contribution in [0.5, 0.6) is 11.5 Å². The molecule has 0 bridgehead atoms. The Labute approximate surface area is 214 Å². The number of rotatable bonds is 5. The fourth-order valence-electron chi connectivity index (χ4n) is 4.21. The van der Waals surface area contributed by atoms with E-state index >= 15 is 0 Å². The van der Waals surface area contributed by atoms with Crippen molar-refractivity contribution in [2.75, 3.05) is 43.2 Å². The number of carbonyl (C=O) groups is 2. The summed E-state index contributed by atoms with van der Waals surface area (Å²) in [6.07, 6.45) is 1.67. The van der Waals surface area contributed by atoms with Gasteiger partial charge in [-0.1, -0.05) is 23.7 Å². The molecule has 3 aromatic rings. The van der Waals surface area contributed by atoms with Crippen molar-refractivity contribution in [1.82, 2.24) is 15.2 Å². The van der Waals surface area contributed by atoms with E-state index in [1.807, 2.05) is 42.2 Å². The molecule has 2 N–H and O–H groups in total. The maximum absolute atomic E-state index is 13.0. The highest BCUT2D eigenvalue weighted by atomic mass is 35.5. The summed E-state index contributed by atoms with van der Waals surface area (Å²) in [5.41, 5.74) is 3.00. The predicted molar refractivity (Wildman–Crippen MR) is 137 cm³/mol. The van der Waals surface area contributed by atoms with E-state index in [1.165, 1.54) is 0 Å². The lowest BCUT2D eigenvalue weighted by Gasteiger charge is -2.36. The van der Waals surface area contributed by atoms with Crippen LogP contribution in [0.3, 0.4) is 0 Å². The minimum atomic E-state index is -0.218. The molecule has 3 amide bonds. The van der Waals surface area contributed by atoms with Crippen LogP contribution >= 0.6 is 11.6 Å². The van der Waals surface area contributed by atoms with Gasteiger partial charge in [-0.15, -0.1) is 0 Å². The monoisotopic (exact) mass is 507 g/mol. The molecule has 1 aromatic heterocycles. The Bertz CT molecular complexity index is 1290. The Morgan fingerprint density at radius 3 is 2.67 bits per heavy atom. The highest BCUT2D eigenvalue weighted by molar-refractivity contribution is 6.33. The average molecular weight is 508 g/mol. The third-order valence-electron chi connectivity index (χ3n) is 6.15. The molecule has 2 aliphatic heterocycles. The van der Waals surface area contributed by atoms with Crippen molar-refractivity contribution in [2.45, 2.75) is 13.5 Å². The van der Waals surface area contributed by atoms with Gasteiger partial charge in [0.15, 0.2) is 11.5 Å². The molecule has 3 heterocycles. The Hall–Kier alpha value is -3.98. The van der Waals surface area contributed by atoms with Crippen LogP contribution in [-0.4, -0.2) is 54.8 Å². The number of pyridine rings is 1. The summed E-state index contributed by atoms with van der Waals surface area (Å²) in [7, 11) is 0. The van der Waals surface area contributed by atoms with Gasteiger partial charge in [-0.2, -0.15) is 0 Å². The molecule has 1 fully saturated rings. The molecule has 0 saturated carbocycles. The number of nitrogens with one attached hydrogen (secondary N) is 2. The van der Waals surface area contributed by atoms with E-state index in [0.717, 1.165) is 11.1 Å². The minimum absolute atomic E-state index is 0.204. The minimum Gasteiger partial charge on any atom is -0.454 e. The Balaban J connectivity index is 1.19. The van der Waals surface area contributed by atoms with Crippen molar-refractivity contribution in [2.24, 2.45) is 0 Å². The maximum atomic E-state index is 13.0. The number of ether oxygens (including phenoxy) is 2. The van der Waals surface area contributed by atoms with Gasteiger partial charge in [0.1, 0.15) is 5.82 Å². The van der Waals surface area contributed by atoms with Crippen molar-refractivity contribution < 1.29 is 19.1 Å². The van der Waals surface area contributed by atoms with E-state index in [9.17, 15) is 9.59 Å². The zero-order chi connectivity index (χ0) is 25.1. The number of piperazine rings is 1. The van der Waals surface area contributed by atoms with E-state index in [1.54, 1.807) is 29.3 Å². The fourth-order valence-corrected chi connectivity index (χ4v) is 4.37. The van der Waals surface area contributed by atoms with Crippen LogP contribution in [-0.2, 0) is 6.54 Å². The summed E-state index contributed by atoms with van der Waals surface area (Å²) in [4.78, 5) is 34.0. The first kappa shape index (κ1) is 23.7. The van der Waals surface area contributed by atoms with E-state index in [-0.39, 0.29) is 18.7 Å². The number of aromatic nitrogens is 1. The van der Waals surface area contributed by atoms with Gasteiger partial charge >= 0.3 is 6.03 Å². The van der Waals surface area contributed by atoms with Crippen LogP contribution in [0.4, 0.5) is 16.3 Å². The Kier molecular flexibility index (Phi) is 6.81. The van der Waals surface area contributed by atoms with Crippen LogP contribution in [0.25, 0.3) is 0 Å². The van der Waals surface area contributed by atoms with Crippen LogP contribution in [0, 0.1) is 6.92 Å². The summed E-state index contributed by atoms with van der Waals surface area (Å²) in [6.45, 7) is 4.58. The SMILES string of the molecule is Cc1ccc(Cl)c(NC(=O)N2CCN(c3ncccc3C(=O)NCc3ccc4c(c3)OCO4)CC2)c1. The second kappa shape index (κ2) is 10.3. The molecule has 36 heavy (non-hydrogen) atoms. The van der Waals surface area contributed by atoms with Gasteiger partial charge in [0.25, 0.3) is 5.91 Å². The highest BCUT2D eigenvalue weighted by Gasteiger charge is 2.25. The number of carbonyl (C=O) groups excluding carboxylic acids is 2. The number of hydrogen-bond donors (Lipinski definition) is 2. The number of aryl methyl sites for hydroxylation is 1. The van der Waals surface area contributed by atoms with Gasteiger partial charge in [0.05, 0.1) is 16.3 Å². The molecule has 0 unspecified atom stereocenters. The molecule has 9 nitrogen and oxygen atoms in total. The first-order valence-corrected chi connectivity index (χ1v) is 12.0. The molecule has 1 saturated heterocycles. The molecule has 0 atom stereocenters. The van der Waals surface area contributed by atoms with Crippen LogP contribution < -0.4 is 25.0 Å². The molecule has 0 aliphatic carbocycles. The molecule has 2 aromatic carbocycles. The normalized spacial score (nSPS) is 14.5.